The molecule has 0 heterocycles. The Bertz CT molecular complexity index is 594. The van der Waals surface area contributed by atoms with Gasteiger partial charge in [-0.15, -0.1) is 0 Å². The van der Waals surface area contributed by atoms with E-state index in [4.69, 9.17) is 0 Å². The van der Waals surface area contributed by atoms with Crippen molar-refractivity contribution < 1.29 is 8.78 Å². The van der Waals surface area contributed by atoms with Gasteiger partial charge in [-0.05, 0) is 61.1 Å². The van der Waals surface area contributed by atoms with Crippen LogP contribution in [0.5, 0.6) is 0 Å². The molecule has 0 bridgehead atoms. The number of benzene rings is 2. The molecule has 21 heavy (non-hydrogen) atoms. The van der Waals surface area contributed by atoms with Crippen molar-refractivity contribution in [2.75, 3.05) is 7.05 Å². The molecule has 0 fully saturated rings. The summed E-state index contributed by atoms with van der Waals surface area (Å²) in [5.41, 5.74) is 3.50. The molecule has 0 aliphatic heterocycles. The maximum Gasteiger partial charge on any atom is 0.126 e. The van der Waals surface area contributed by atoms with E-state index in [0.717, 1.165) is 18.9 Å². The third kappa shape index (κ3) is 3.13. The summed E-state index contributed by atoms with van der Waals surface area (Å²) in [7, 11) is 1.92. The van der Waals surface area contributed by atoms with Crippen LogP contribution in [-0.4, -0.2) is 13.1 Å². The summed E-state index contributed by atoms with van der Waals surface area (Å²) < 4.78 is 26.6. The molecule has 3 rings (SSSR count). The third-order valence-corrected chi connectivity index (χ3v) is 4.40. The van der Waals surface area contributed by atoms with Crippen LogP contribution in [0, 0.1) is 17.6 Å². The Morgan fingerprint density at radius 2 is 1.62 bits per heavy atom. The molecule has 3 heteroatoms. The van der Waals surface area contributed by atoms with Gasteiger partial charge in [0.05, 0.1) is 0 Å². The van der Waals surface area contributed by atoms with E-state index in [-0.39, 0.29) is 6.04 Å². The molecular weight excluding hydrogens is 268 g/mol. The number of fused-ring (bicyclic) bond motifs is 1. The molecule has 2 aromatic rings. The topological polar surface area (TPSA) is 12.0 Å². The van der Waals surface area contributed by atoms with Gasteiger partial charge < -0.3 is 5.32 Å². The van der Waals surface area contributed by atoms with E-state index in [1.165, 1.54) is 23.3 Å². The molecule has 1 unspecified atom stereocenters. The molecule has 0 radical (unpaired) electrons. The Balaban J connectivity index is 1.75. The largest absolute Gasteiger partial charge is 0.316 e. The highest BCUT2D eigenvalue weighted by atomic mass is 19.1. The molecule has 0 amide bonds. The van der Waals surface area contributed by atoms with Gasteiger partial charge in [0.15, 0.2) is 0 Å². The molecule has 2 aromatic carbocycles. The number of likely N-dealkylation sites (N-methyl/N-ethyl adjacent to an activating group) is 1. The van der Waals surface area contributed by atoms with Crippen LogP contribution in [0.4, 0.5) is 8.78 Å². The standard InChI is InChI=1S/C18H19F2N/c1-21-18(8-12-6-16(19)11-17(20)7-12)15-9-13-4-2-3-5-14(13)10-15/h2-7,11,15,18,21H,8-10H2,1H3. The van der Waals surface area contributed by atoms with Crippen molar-refractivity contribution in [1.29, 1.82) is 0 Å². The van der Waals surface area contributed by atoms with Gasteiger partial charge in [-0.1, -0.05) is 24.3 Å². The summed E-state index contributed by atoms with van der Waals surface area (Å²) >= 11 is 0. The number of hydrogen-bond acceptors (Lipinski definition) is 1. The first-order chi connectivity index (χ1) is 10.2. The molecule has 0 saturated heterocycles. The fourth-order valence-corrected chi connectivity index (χ4v) is 3.36. The summed E-state index contributed by atoms with van der Waals surface area (Å²) in [5.74, 6) is -0.539. The van der Waals surface area contributed by atoms with E-state index in [1.807, 2.05) is 7.05 Å². The summed E-state index contributed by atoms with van der Waals surface area (Å²) in [6.45, 7) is 0. The van der Waals surface area contributed by atoms with Crippen LogP contribution < -0.4 is 5.32 Å². The maximum absolute atomic E-state index is 13.3. The van der Waals surface area contributed by atoms with Gasteiger partial charge in [0, 0.05) is 12.1 Å². The first kappa shape index (κ1) is 14.2. The maximum atomic E-state index is 13.3. The van der Waals surface area contributed by atoms with Crippen LogP contribution in [0.2, 0.25) is 0 Å². The fraction of sp³-hybridized carbons (Fsp3) is 0.333. The average Bonchev–Trinajstić information content (AvgIpc) is 2.87. The van der Waals surface area contributed by atoms with Crippen LogP contribution in [0.25, 0.3) is 0 Å². The highest BCUT2D eigenvalue weighted by Crippen LogP contribution is 2.30. The first-order valence-electron chi connectivity index (χ1n) is 7.34. The molecule has 1 nitrogen and oxygen atoms in total. The smallest absolute Gasteiger partial charge is 0.126 e. The van der Waals surface area contributed by atoms with Gasteiger partial charge in [0.2, 0.25) is 0 Å². The molecule has 1 aliphatic rings. The van der Waals surface area contributed by atoms with E-state index in [9.17, 15) is 8.78 Å². The van der Waals surface area contributed by atoms with Gasteiger partial charge in [-0.2, -0.15) is 0 Å². The minimum atomic E-state index is -0.505. The summed E-state index contributed by atoms with van der Waals surface area (Å²) in [6, 6.07) is 12.5. The van der Waals surface area contributed by atoms with E-state index in [0.29, 0.717) is 17.9 Å². The predicted molar refractivity (Wildman–Crippen MR) is 80.2 cm³/mol. The minimum Gasteiger partial charge on any atom is -0.316 e. The second kappa shape index (κ2) is 5.94. The van der Waals surface area contributed by atoms with E-state index in [1.54, 1.807) is 0 Å². The fourth-order valence-electron chi connectivity index (χ4n) is 3.36. The Morgan fingerprint density at radius 3 is 2.14 bits per heavy atom. The normalized spacial score (nSPS) is 16.0. The van der Waals surface area contributed by atoms with E-state index < -0.39 is 11.6 Å². The van der Waals surface area contributed by atoms with Crippen molar-refractivity contribution in [3.63, 3.8) is 0 Å². The zero-order valence-corrected chi connectivity index (χ0v) is 12.1. The number of rotatable bonds is 4. The molecule has 0 saturated carbocycles. The third-order valence-electron chi connectivity index (χ3n) is 4.40. The molecule has 0 aromatic heterocycles. The molecule has 0 spiro atoms. The van der Waals surface area contributed by atoms with Gasteiger partial charge >= 0.3 is 0 Å². The number of halogens is 2. The molecular formula is C18H19F2N. The van der Waals surface area contributed by atoms with E-state index in [2.05, 4.69) is 29.6 Å². The highest BCUT2D eigenvalue weighted by molar-refractivity contribution is 5.33. The Morgan fingerprint density at radius 1 is 1.05 bits per heavy atom. The summed E-state index contributed by atoms with van der Waals surface area (Å²) in [5, 5.41) is 3.32. The van der Waals surface area contributed by atoms with Crippen molar-refractivity contribution in [1.82, 2.24) is 5.32 Å². The lowest BCUT2D eigenvalue weighted by molar-refractivity contribution is 0.382. The van der Waals surface area contributed by atoms with Crippen LogP contribution in [0.3, 0.4) is 0 Å². The van der Waals surface area contributed by atoms with Gasteiger partial charge in [-0.25, -0.2) is 8.78 Å². The lowest BCUT2D eigenvalue weighted by Gasteiger charge is -2.23. The second-order valence-corrected chi connectivity index (χ2v) is 5.81. The van der Waals surface area contributed by atoms with Crippen LogP contribution in [-0.2, 0) is 19.3 Å². The van der Waals surface area contributed by atoms with Crippen molar-refractivity contribution in [3.8, 4) is 0 Å². The van der Waals surface area contributed by atoms with Gasteiger partial charge in [0.25, 0.3) is 0 Å². The Kier molecular flexibility index (Phi) is 4.02. The number of nitrogens with one attached hydrogen (secondary N) is 1. The van der Waals surface area contributed by atoms with E-state index >= 15 is 0 Å². The average molecular weight is 287 g/mol. The summed E-state index contributed by atoms with van der Waals surface area (Å²) in [4.78, 5) is 0. The zero-order valence-electron chi connectivity index (χ0n) is 12.1. The van der Waals surface area contributed by atoms with Crippen LogP contribution in [0.1, 0.15) is 16.7 Å². The first-order valence-corrected chi connectivity index (χ1v) is 7.34. The van der Waals surface area contributed by atoms with Crippen molar-refractivity contribution in [2.24, 2.45) is 5.92 Å². The minimum absolute atomic E-state index is 0.221. The molecule has 110 valence electrons. The van der Waals surface area contributed by atoms with Crippen molar-refractivity contribution in [3.05, 3.63) is 70.8 Å². The van der Waals surface area contributed by atoms with Crippen LogP contribution in [0.15, 0.2) is 42.5 Å². The Labute approximate surface area is 124 Å². The quantitative estimate of drug-likeness (QED) is 0.907. The molecule has 1 N–H and O–H groups in total. The SMILES string of the molecule is CNC(Cc1cc(F)cc(F)c1)C1Cc2ccccc2C1. The van der Waals surface area contributed by atoms with Crippen molar-refractivity contribution in [2.45, 2.75) is 25.3 Å². The monoisotopic (exact) mass is 287 g/mol. The Hall–Kier alpha value is -1.74. The van der Waals surface area contributed by atoms with Crippen molar-refractivity contribution >= 4 is 0 Å². The molecule has 1 aliphatic carbocycles. The predicted octanol–water partition coefficient (Wildman–Crippen LogP) is 3.51. The lowest BCUT2D eigenvalue weighted by Crippen LogP contribution is -2.36. The second-order valence-electron chi connectivity index (χ2n) is 5.81. The van der Waals surface area contributed by atoms with Crippen LogP contribution >= 0.6 is 0 Å². The highest BCUT2D eigenvalue weighted by Gasteiger charge is 2.27. The van der Waals surface area contributed by atoms with Gasteiger partial charge in [0.1, 0.15) is 11.6 Å². The summed E-state index contributed by atoms with van der Waals surface area (Å²) in [6.07, 6.45) is 2.70. The van der Waals surface area contributed by atoms with Gasteiger partial charge in [-0.3, -0.25) is 0 Å². The number of hydrogen-bond donors (Lipinski definition) is 1. The molecule has 1 atom stereocenters. The lowest BCUT2D eigenvalue weighted by atomic mass is 9.91. The zero-order chi connectivity index (χ0) is 14.8.